The molecule has 21 heavy (non-hydrogen) atoms. The molecule has 0 aliphatic heterocycles. The van der Waals surface area contributed by atoms with Gasteiger partial charge < -0.3 is 14.9 Å². The number of fused-ring (bicyclic) bond motifs is 1. The summed E-state index contributed by atoms with van der Waals surface area (Å²) in [5.74, 6) is -0.806. The van der Waals surface area contributed by atoms with Crippen molar-refractivity contribution in [2.75, 3.05) is 0 Å². The molecule has 1 aliphatic carbocycles. The smallest absolute Gasteiger partial charge is 0.358 e. The molecule has 1 heterocycles. The topological polar surface area (TPSA) is 79.7 Å². The molecule has 0 saturated heterocycles. The number of carbonyl (C=O) groups is 1. The molecule has 2 N–H and O–H groups in total. The third-order valence-electron chi connectivity index (χ3n) is 3.89. The second-order valence-electron chi connectivity index (χ2n) is 5.39. The largest absolute Gasteiger partial charge is 0.505 e. The monoisotopic (exact) mass is 287 g/mol. The predicted molar refractivity (Wildman–Crippen MR) is 77.9 cm³/mol. The molecule has 1 aromatic heterocycles. The molecule has 5 nitrogen and oxygen atoms in total. The minimum Gasteiger partial charge on any atom is -0.505 e. The van der Waals surface area contributed by atoms with E-state index in [1.165, 1.54) is 25.5 Å². The van der Waals surface area contributed by atoms with Crippen molar-refractivity contribution < 1.29 is 19.7 Å². The van der Waals surface area contributed by atoms with Gasteiger partial charge in [-0.1, -0.05) is 6.42 Å². The maximum Gasteiger partial charge on any atom is 0.358 e. The molecule has 0 bridgehead atoms. The van der Waals surface area contributed by atoms with Crippen molar-refractivity contribution in [3.8, 4) is 11.5 Å². The summed E-state index contributed by atoms with van der Waals surface area (Å²) in [6.45, 7) is 0. The Hall–Kier alpha value is -2.30. The SMILES string of the molecule is O=C(O)c1ncc2cc(OC3CCCCC3)ccc2c1O. The van der Waals surface area contributed by atoms with Gasteiger partial charge in [0, 0.05) is 17.0 Å². The van der Waals surface area contributed by atoms with Crippen LogP contribution in [0.3, 0.4) is 0 Å². The molecule has 0 amide bonds. The Labute approximate surface area is 122 Å². The molecule has 1 aliphatic rings. The highest BCUT2D eigenvalue weighted by Gasteiger charge is 2.17. The van der Waals surface area contributed by atoms with Crippen molar-refractivity contribution >= 4 is 16.7 Å². The zero-order chi connectivity index (χ0) is 14.8. The van der Waals surface area contributed by atoms with Crippen LogP contribution in [0, 0.1) is 0 Å². The van der Waals surface area contributed by atoms with Crippen molar-refractivity contribution in [1.82, 2.24) is 4.98 Å². The number of aromatic nitrogens is 1. The highest BCUT2D eigenvalue weighted by atomic mass is 16.5. The lowest BCUT2D eigenvalue weighted by Gasteiger charge is -2.23. The van der Waals surface area contributed by atoms with Gasteiger partial charge >= 0.3 is 5.97 Å². The van der Waals surface area contributed by atoms with Gasteiger partial charge in [-0.2, -0.15) is 0 Å². The van der Waals surface area contributed by atoms with E-state index >= 15 is 0 Å². The van der Waals surface area contributed by atoms with Crippen molar-refractivity contribution in [2.24, 2.45) is 0 Å². The van der Waals surface area contributed by atoms with Crippen molar-refractivity contribution in [3.63, 3.8) is 0 Å². The number of carboxylic acids is 1. The maximum absolute atomic E-state index is 10.9. The standard InChI is InChI=1S/C16H17NO4/c18-15-13-7-6-12(21-11-4-2-1-3-5-11)8-10(13)9-17-14(15)16(19)20/h6-9,11,18H,1-5H2,(H,19,20). The number of hydrogen-bond acceptors (Lipinski definition) is 4. The number of aromatic hydroxyl groups is 1. The van der Waals surface area contributed by atoms with Gasteiger partial charge in [-0.25, -0.2) is 9.78 Å². The average molecular weight is 287 g/mol. The fraction of sp³-hybridized carbons (Fsp3) is 0.375. The molecular weight excluding hydrogens is 270 g/mol. The van der Waals surface area contributed by atoms with Crippen LogP contribution in [-0.2, 0) is 0 Å². The van der Waals surface area contributed by atoms with E-state index in [9.17, 15) is 9.90 Å². The van der Waals surface area contributed by atoms with Crippen LogP contribution in [0.4, 0.5) is 0 Å². The van der Waals surface area contributed by atoms with Gasteiger partial charge in [-0.05, 0) is 43.9 Å². The van der Waals surface area contributed by atoms with Crippen LogP contribution >= 0.6 is 0 Å². The Morgan fingerprint density at radius 2 is 2.00 bits per heavy atom. The van der Waals surface area contributed by atoms with Crippen LogP contribution in [-0.4, -0.2) is 27.3 Å². The summed E-state index contributed by atoms with van der Waals surface area (Å²) in [7, 11) is 0. The molecule has 1 aromatic carbocycles. The van der Waals surface area contributed by atoms with E-state index in [1.54, 1.807) is 18.2 Å². The van der Waals surface area contributed by atoms with Gasteiger partial charge in [0.1, 0.15) is 5.75 Å². The number of carboxylic acid groups (broad SMARTS) is 1. The van der Waals surface area contributed by atoms with Crippen LogP contribution in [0.5, 0.6) is 11.5 Å². The summed E-state index contributed by atoms with van der Waals surface area (Å²) in [4.78, 5) is 14.7. The fourth-order valence-electron chi connectivity index (χ4n) is 2.79. The molecule has 0 radical (unpaired) electrons. The highest BCUT2D eigenvalue weighted by Crippen LogP contribution is 2.31. The number of nitrogens with zero attached hydrogens (tertiary/aromatic N) is 1. The number of aromatic carboxylic acids is 1. The van der Waals surface area contributed by atoms with E-state index in [1.807, 2.05) is 0 Å². The Morgan fingerprint density at radius 3 is 2.71 bits per heavy atom. The Morgan fingerprint density at radius 1 is 1.24 bits per heavy atom. The molecule has 1 saturated carbocycles. The first-order valence-corrected chi connectivity index (χ1v) is 7.17. The molecule has 0 spiro atoms. The lowest BCUT2D eigenvalue weighted by molar-refractivity contribution is 0.0687. The average Bonchev–Trinajstić information content (AvgIpc) is 2.48. The van der Waals surface area contributed by atoms with Gasteiger partial charge in [0.25, 0.3) is 0 Å². The zero-order valence-corrected chi connectivity index (χ0v) is 11.6. The van der Waals surface area contributed by atoms with E-state index < -0.39 is 5.97 Å². The van der Waals surface area contributed by atoms with Crippen LogP contribution in [0.15, 0.2) is 24.4 Å². The van der Waals surface area contributed by atoms with Crippen molar-refractivity contribution in [1.29, 1.82) is 0 Å². The second-order valence-corrected chi connectivity index (χ2v) is 5.39. The minimum absolute atomic E-state index is 0.246. The Balaban J connectivity index is 1.90. The van der Waals surface area contributed by atoms with Gasteiger partial charge in [0.15, 0.2) is 11.4 Å². The number of benzene rings is 1. The van der Waals surface area contributed by atoms with Gasteiger partial charge in [0.2, 0.25) is 0 Å². The first kappa shape index (κ1) is 13.7. The van der Waals surface area contributed by atoms with E-state index in [0.717, 1.165) is 18.6 Å². The van der Waals surface area contributed by atoms with Crippen LogP contribution in [0.1, 0.15) is 42.6 Å². The molecule has 5 heteroatoms. The summed E-state index contributed by atoms with van der Waals surface area (Å²) in [5, 5.41) is 20.0. The Bertz CT molecular complexity index is 677. The quantitative estimate of drug-likeness (QED) is 0.905. The third-order valence-corrected chi connectivity index (χ3v) is 3.89. The molecule has 0 unspecified atom stereocenters. The van der Waals surface area contributed by atoms with E-state index in [4.69, 9.17) is 9.84 Å². The molecule has 0 atom stereocenters. The minimum atomic E-state index is -1.24. The zero-order valence-electron chi connectivity index (χ0n) is 11.6. The summed E-state index contributed by atoms with van der Waals surface area (Å²) in [6.07, 6.45) is 7.50. The lowest BCUT2D eigenvalue weighted by atomic mass is 9.98. The van der Waals surface area contributed by atoms with Crippen molar-refractivity contribution in [3.05, 3.63) is 30.1 Å². The van der Waals surface area contributed by atoms with Gasteiger partial charge in [0.05, 0.1) is 6.10 Å². The van der Waals surface area contributed by atoms with Gasteiger partial charge in [-0.3, -0.25) is 0 Å². The number of ether oxygens (including phenoxy) is 1. The van der Waals surface area contributed by atoms with E-state index in [0.29, 0.717) is 10.8 Å². The van der Waals surface area contributed by atoms with Crippen LogP contribution < -0.4 is 4.74 Å². The first-order chi connectivity index (χ1) is 10.1. The number of rotatable bonds is 3. The summed E-state index contributed by atoms with van der Waals surface area (Å²) in [5.41, 5.74) is -0.330. The molecule has 2 aromatic rings. The van der Waals surface area contributed by atoms with Crippen LogP contribution in [0.25, 0.3) is 10.8 Å². The summed E-state index contributed by atoms with van der Waals surface area (Å²) >= 11 is 0. The maximum atomic E-state index is 10.9. The fourth-order valence-corrected chi connectivity index (χ4v) is 2.79. The second kappa shape index (κ2) is 5.60. The molecule has 3 rings (SSSR count). The highest BCUT2D eigenvalue weighted by molar-refractivity contribution is 5.98. The molecule has 1 fully saturated rings. The predicted octanol–water partition coefficient (Wildman–Crippen LogP) is 3.35. The van der Waals surface area contributed by atoms with Crippen LogP contribution in [0.2, 0.25) is 0 Å². The van der Waals surface area contributed by atoms with E-state index in [2.05, 4.69) is 4.98 Å². The van der Waals surface area contributed by atoms with Gasteiger partial charge in [-0.15, -0.1) is 0 Å². The first-order valence-electron chi connectivity index (χ1n) is 7.17. The van der Waals surface area contributed by atoms with E-state index in [-0.39, 0.29) is 17.5 Å². The summed E-state index contributed by atoms with van der Waals surface area (Å²) in [6, 6.07) is 5.24. The summed E-state index contributed by atoms with van der Waals surface area (Å²) < 4.78 is 5.96. The van der Waals surface area contributed by atoms with Crippen molar-refractivity contribution in [2.45, 2.75) is 38.2 Å². The Kier molecular flexibility index (Phi) is 3.64. The molecular formula is C16H17NO4. The molecule has 110 valence electrons. The third kappa shape index (κ3) is 2.77. The normalized spacial score (nSPS) is 16.0. The number of pyridine rings is 1. The lowest BCUT2D eigenvalue weighted by Crippen LogP contribution is -2.19. The number of hydrogen-bond donors (Lipinski definition) is 2.